The number of carbonyl (C=O) groups is 3. The summed E-state index contributed by atoms with van der Waals surface area (Å²) in [6.45, 7) is -0.0815. The maximum atomic E-state index is 12.0. The Morgan fingerprint density at radius 1 is 0.826 bits per heavy atom. The smallest absolute Gasteiger partial charge is 0.255 e. The average molecular weight is 311 g/mol. The van der Waals surface area contributed by atoms with Crippen molar-refractivity contribution in [2.75, 3.05) is 18.9 Å². The van der Waals surface area contributed by atoms with Gasteiger partial charge < -0.3 is 16.0 Å². The van der Waals surface area contributed by atoms with E-state index < -0.39 is 0 Å². The molecule has 3 amide bonds. The fourth-order valence-electron chi connectivity index (χ4n) is 1.85. The molecule has 0 aromatic heterocycles. The summed E-state index contributed by atoms with van der Waals surface area (Å²) in [5.74, 6) is -0.845. The van der Waals surface area contributed by atoms with Crippen molar-refractivity contribution in [1.29, 1.82) is 0 Å². The third kappa shape index (κ3) is 4.67. The van der Waals surface area contributed by atoms with Crippen LogP contribution in [0.5, 0.6) is 0 Å². The van der Waals surface area contributed by atoms with Crippen molar-refractivity contribution >= 4 is 23.4 Å². The summed E-state index contributed by atoms with van der Waals surface area (Å²) < 4.78 is 0. The first-order valence-electron chi connectivity index (χ1n) is 7.05. The van der Waals surface area contributed by atoms with E-state index in [1.807, 2.05) is 6.07 Å². The summed E-state index contributed by atoms with van der Waals surface area (Å²) >= 11 is 0. The molecule has 2 rings (SSSR count). The Balaban J connectivity index is 1.95. The molecule has 0 atom stereocenters. The Hall–Kier alpha value is -3.15. The fourth-order valence-corrected chi connectivity index (χ4v) is 1.85. The van der Waals surface area contributed by atoms with E-state index in [1.165, 1.54) is 7.05 Å². The fraction of sp³-hybridized carbons (Fsp3) is 0.118. The predicted molar refractivity (Wildman–Crippen MR) is 87.2 cm³/mol. The van der Waals surface area contributed by atoms with Gasteiger partial charge in [0.2, 0.25) is 5.91 Å². The first kappa shape index (κ1) is 16.2. The van der Waals surface area contributed by atoms with Crippen LogP contribution >= 0.6 is 0 Å². The van der Waals surface area contributed by atoms with Crippen LogP contribution in [0.25, 0.3) is 0 Å². The van der Waals surface area contributed by atoms with Gasteiger partial charge in [-0.25, -0.2) is 0 Å². The van der Waals surface area contributed by atoms with Gasteiger partial charge in [-0.1, -0.05) is 18.2 Å². The Labute approximate surface area is 133 Å². The molecule has 118 valence electrons. The molecule has 0 saturated heterocycles. The van der Waals surface area contributed by atoms with E-state index in [2.05, 4.69) is 16.0 Å². The van der Waals surface area contributed by atoms with Crippen LogP contribution in [0, 0.1) is 0 Å². The minimum Gasteiger partial charge on any atom is -0.358 e. The summed E-state index contributed by atoms with van der Waals surface area (Å²) in [5.41, 5.74) is 1.55. The van der Waals surface area contributed by atoms with Gasteiger partial charge in [-0.15, -0.1) is 0 Å². The molecule has 6 nitrogen and oxygen atoms in total. The molecule has 0 aliphatic rings. The van der Waals surface area contributed by atoms with Crippen LogP contribution < -0.4 is 16.0 Å². The number of rotatable bonds is 5. The van der Waals surface area contributed by atoms with Crippen LogP contribution in [-0.4, -0.2) is 31.3 Å². The van der Waals surface area contributed by atoms with Crippen LogP contribution in [0.4, 0.5) is 5.69 Å². The number of hydrogen-bond donors (Lipinski definition) is 3. The van der Waals surface area contributed by atoms with Gasteiger partial charge in [0.15, 0.2) is 0 Å². The van der Waals surface area contributed by atoms with E-state index in [9.17, 15) is 14.4 Å². The standard InChI is InChI=1S/C17H17N3O3/c1-18-15(21)11-19-16(22)13-7-9-14(10-8-13)20-17(23)12-5-3-2-4-6-12/h2-10H,11H2,1H3,(H,18,21)(H,19,22)(H,20,23). The quantitative estimate of drug-likeness (QED) is 0.780. The van der Waals surface area contributed by atoms with E-state index in [-0.39, 0.29) is 24.3 Å². The average Bonchev–Trinajstić information content (AvgIpc) is 2.60. The topological polar surface area (TPSA) is 87.3 Å². The molecule has 2 aromatic rings. The lowest BCUT2D eigenvalue weighted by molar-refractivity contribution is -0.119. The van der Waals surface area contributed by atoms with Crippen molar-refractivity contribution in [2.45, 2.75) is 0 Å². The first-order valence-corrected chi connectivity index (χ1v) is 7.05. The van der Waals surface area contributed by atoms with Crippen molar-refractivity contribution in [1.82, 2.24) is 10.6 Å². The van der Waals surface area contributed by atoms with Crippen LogP contribution in [0.1, 0.15) is 20.7 Å². The van der Waals surface area contributed by atoms with E-state index in [4.69, 9.17) is 0 Å². The summed E-state index contributed by atoms with van der Waals surface area (Å²) in [6, 6.07) is 15.3. The molecule has 2 aromatic carbocycles. The Morgan fingerprint density at radius 2 is 1.43 bits per heavy atom. The predicted octanol–water partition coefficient (Wildman–Crippen LogP) is 1.41. The number of likely N-dealkylation sites (N-methyl/N-ethyl adjacent to an activating group) is 1. The molecule has 23 heavy (non-hydrogen) atoms. The van der Waals surface area contributed by atoms with E-state index >= 15 is 0 Å². The van der Waals surface area contributed by atoms with Crippen molar-refractivity contribution < 1.29 is 14.4 Å². The summed E-state index contributed by atoms with van der Waals surface area (Å²) in [6.07, 6.45) is 0. The molecule has 0 saturated carbocycles. The molecule has 0 aliphatic carbocycles. The molecule has 0 heterocycles. The molecule has 0 aliphatic heterocycles. The zero-order chi connectivity index (χ0) is 16.7. The van der Waals surface area contributed by atoms with Crippen LogP contribution in [0.15, 0.2) is 54.6 Å². The van der Waals surface area contributed by atoms with Crippen molar-refractivity contribution in [3.05, 3.63) is 65.7 Å². The van der Waals surface area contributed by atoms with Gasteiger partial charge in [0, 0.05) is 23.9 Å². The Bertz CT molecular complexity index is 697. The second-order valence-electron chi connectivity index (χ2n) is 4.75. The minimum absolute atomic E-state index is 0.0815. The summed E-state index contributed by atoms with van der Waals surface area (Å²) in [7, 11) is 1.50. The van der Waals surface area contributed by atoms with Gasteiger partial charge in [0.25, 0.3) is 11.8 Å². The first-order chi connectivity index (χ1) is 11.1. The zero-order valence-corrected chi connectivity index (χ0v) is 12.6. The van der Waals surface area contributed by atoms with E-state index in [0.29, 0.717) is 16.8 Å². The van der Waals surface area contributed by atoms with Gasteiger partial charge in [-0.2, -0.15) is 0 Å². The SMILES string of the molecule is CNC(=O)CNC(=O)c1ccc(NC(=O)c2ccccc2)cc1. The Kier molecular flexibility index (Phi) is 5.46. The molecule has 6 heteroatoms. The normalized spacial score (nSPS) is 9.78. The Morgan fingerprint density at radius 3 is 2.04 bits per heavy atom. The third-order valence-electron chi connectivity index (χ3n) is 3.13. The van der Waals surface area contributed by atoms with Gasteiger partial charge in [0.1, 0.15) is 0 Å². The molecular weight excluding hydrogens is 294 g/mol. The highest BCUT2D eigenvalue weighted by molar-refractivity contribution is 6.04. The minimum atomic E-state index is -0.352. The number of anilines is 1. The van der Waals surface area contributed by atoms with Crippen molar-refractivity contribution in [3.8, 4) is 0 Å². The molecule has 0 bridgehead atoms. The number of hydrogen-bond acceptors (Lipinski definition) is 3. The molecule has 0 radical (unpaired) electrons. The van der Waals surface area contributed by atoms with E-state index in [0.717, 1.165) is 0 Å². The summed E-state index contributed by atoms with van der Waals surface area (Å²) in [5, 5.41) is 7.66. The lowest BCUT2D eigenvalue weighted by atomic mass is 10.1. The zero-order valence-electron chi connectivity index (χ0n) is 12.6. The highest BCUT2D eigenvalue weighted by Gasteiger charge is 2.08. The summed E-state index contributed by atoms with van der Waals surface area (Å²) in [4.78, 5) is 34.9. The number of carbonyl (C=O) groups excluding carboxylic acids is 3. The van der Waals surface area contributed by atoms with Gasteiger partial charge >= 0.3 is 0 Å². The van der Waals surface area contributed by atoms with E-state index in [1.54, 1.807) is 48.5 Å². The highest BCUT2D eigenvalue weighted by Crippen LogP contribution is 2.11. The number of benzene rings is 2. The van der Waals surface area contributed by atoms with Crippen LogP contribution in [0.3, 0.4) is 0 Å². The number of amides is 3. The van der Waals surface area contributed by atoms with Crippen LogP contribution in [0.2, 0.25) is 0 Å². The maximum Gasteiger partial charge on any atom is 0.255 e. The number of nitrogens with one attached hydrogen (secondary N) is 3. The molecule has 3 N–H and O–H groups in total. The van der Waals surface area contributed by atoms with Crippen molar-refractivity contribution in [2.24, 2.45) is 0 Å². The largest absolute Gasteiger partial charge is 0.358 e. The maximum absolute atomic E-state index is 12.0. The highest BCUT2D eigenvalue weighted by atomic mass is 16.2. The van der Waals surface area contributed by atoms with Gasteiger partial charge in [-0.3, -0.25) is 14.4 Å². The second kappa shape index (κ2) is 7.74. The molecule has 0 unspecified atom stereocenters. The molecule has 0 spiro atoms. The van der Waals surface area contributed by atoms with Gasteiger partial charge in [0.05, 0.1) is 6.54 Å². The third-order valence-corrected chi connectivity index (χ3v) is 3.13. The second-order valence-corrected chi connectivity index (χ2v) is 4.75. The van der Waals surface area contributed by atoms with Crippen molar-refractivity contribution in [3.63, 3.8) is 0 Å². The van der Waals surface area contributed by atoms with Crippen LogP contribution in [-0.2, 0) is 4.79 Å². The lowest BCUT2D eigenvalue weighted by Crippen LogP contribution is -2.35. The van der Waals surface area contributed by atoms with Gasteiger partial charge in [-0.05, 0) is 36.4 Å². The lowest BCUT2D eigenvalue weighted by Gasteiger charge is -2.07. The molecule has 0 fully saturated rings. The molecular formula is C17H17N3O3. The monoisotopic (exact) mass is 311 g/mol.